The molecule has 2 aromatic heterocycles. The first-order valence-electron chi connectivity index (χ1n) is 13.2. The van der Waals surface area contributed by atoms with Crippen LogP contribution in [0.5, 0.6) is 5.75 Å². The highest BCUT2D eigenvalue weighted by Crippen LogP contribution is 2.48. The van der Waals surface area contributed by atoms with E-state index in [1.165, 1.54) is 11.8 Å². The Hall–Kier alpha value is -3.23. The van der Waals surface area contributed by atoms with Gasteiger partial charge in [0, 0.05) is 11.4 Å². The molecule has 16 heteroatoms. The van der Waals surface area contributed by atoms with E-state index in [9.17, 15) is 14.2 Å². The van der Waals surface area contributed by atoms with Crippen LogP contribution < -0.4 is 10.5 Å². The minimum Gasteiger partial charge on any atom is -0.497 e. The summed E-state index contributed by atoms with van der Waals surface area (Å²) in [4.78, 5) is 38.2. The van der Waals surface area contributed by atoms with Crippen LogP contribution in [0.1, 0.15) is 41.5 Å². The Kier molecular flexibility index (Phi) is 11.6. The fraction of sp³-hybridized carbons (Fsp3) is 0.519. The summed E-state index contributed by atoms with van der Waals surface area (Å²) in [5.41, 5.74) is 5.44. The molecule has 2 heterocycles. The first kappa shape index (κ1) is 34.3. The number of esters is 2. The molecule has 0 spiro atoms. The van der Waals surface area contributed by atoms with Crippen LogP contribution >= 0.6 is 19.4 Å². The number of rotatable bonds is 14. The van der Waals surface area contributed by atoms with E-state index in [1.807, 2.05) is 24.3 Å². The molecule has 0 radical (unpaired) electrons. The van der Waals surface area contributed by atoms with Gasteiger partial charge in [-0.25, -0.2) is 9.97 Å². The molecule has 236 valence electrons. The Morgan fingerprint density at radius 3 is 2.07 bits per heavy atom. The molecule has 2 N–H and O–H groups in total. The molecule has 0 unspecified atom stereocenters. The molecule has 43 heavy (non-hydrogen) atoms. The molecular formula is C27H38N5O9PS. The fourth-order valence-corrected chi connectivity index (χ4v) is 5.01. The van der Waals surface area contributed by atoms with Crippen molar-refractivity contribution in [2.75, 3.05) is 39.4 Å². The predicted molar refractivity (Wildman–Crippen MR) is 158 cm³/mol. The van der Waals surface area contributed by atoms with Crippen LogP contribution in [0.15, 0.2) is 40.5 Å². The second-order valence-electron chi connectivity index (χ2n) is 11.3. The van der Waals surface area contributed by atoms with E-state index in [1.54, 1.807) is 59.5 Å². The first-order chi connectivity index (χ1) is 20.1. The third-order valence-electron chi connectivity index (χ3n) is 5.55. The van der Waals surface area contributed by atoms with Gasteiger partial charge >= 0.3 is 19.5 Å². The van der Waals surface area contributed by atoms with Crippen molar-refractivity contribution in [3.63, 3.8) is 0 Å². The molecule has 3 rings (SSSR count). The lowest BCUT2D eigenvalue weighted by molar-refractivity contribution is -0.162. The van der Waals surface area contributed by atoms with Gasteiger partial charge in [-0.2, -0.15) is 4.98 Å². The largest absolute Gasteiger partial charge is 0.497 e. The third kappa shape index (κ3) is 10.2. The quantitative estimate of drug-likeness (QED) is 0.0831. The number of anilines is 1. The topological polar surface area (TPSA) is 176 Å². The molecular weight excluding hydrogens is 601 g/mol. The van der Waals surface area contributed by atoms with Gasteiger partial charge < -0.3 is 29.2 Å². The standard InChI is InChI=1S/C27H38N5O9PS/c1-26(2,3)23(33)38-15-40-42(35,41-16-39-24(34)27(4,5)6)17-37-13-12-32-14-29-20-21(32)30-25(28)31-22(20)43-19-10-8-18(36-7)9-11-19/h8-11,14H,12-13,15-17H2,1-7H3,(H2,28,30,31). The number of methoxy groups -OCH3 is 1. The van der Waals surface area contributed by atoms with E-state index >= 15 is 0 Å². The summed E-state index contributed by atoms with van der Waals surface area (Å²) < 4.78 is 46.5. The number of ether oxygens (including phenoxy) is 4. The molecule has 0 fully saturated rings. The van der Waals surface area contributed by atoms with Gasteiger partial charge in [0.25, 0.3) is 0 Å². The minimum atomic E-state index is -4.01. The van der Waals surface area contributed by atoms with Crippen molar-refractivity contribution in [1.82, 2.24) is 19.5 Å². The Morgan fingerprint density at radius 1 is 0.953 bits per heavy atom. The molecule has 0 atom stereocenters. The van der Waals surface area contributed by atoms with Gasteiger partial charge in [0.2, 0.25) is 19.5 Å². The van der Waals surface area contributed by atoms with Crippen molar-refractivity contribution >= 4 is 48.4 Å². The van der Waals surface area contributed by atoms with Crippen LogP contribution in [0.25, 0.3) is 11.2 Å². The zero-order chi connectivity index (χ0) is 31.8. The summed E-state index contributed by atoms with van der Waals surface area (Å²) in [6, 6.07) is 7.48. The number of carbonyl (C=O) groups is 2. The molecule has 0 saturated carbocycles. The van der Waals surface area contributed by atoms with Crippen LogP contribution in [0.4, 0.5) is 5.95 Å². The predicted octanol–water partition coefficient (Wildman–Crippen LogP) is 4.86. The fourth-order valence-electron chi connectivity index (χ4n) is 3.13. The van der Waals surface area contributed by atoms with Crippen LogP contribution in [0.2, 0.25) is 0 Å². The molecule has 0 aliphatic rings. The first-order valence-corrected chi connectivity index (χ1v) is 15.8. The Labute approximate surface area is 254 Å². The van der Waals surface area contributed by atoms with Crippen LogP contribution in [0.3, 0.4) is 0 Å². The van der Waals surface area contributed by atoms with Gasteiger partial charge in [0.1, 0.15) is 22.6 Å². The normalized spacial score (nSPS) is 12.3. The number of nitrogen functional groups attached to an aromatic ring is 1. The third-order valence-corrected chi connectivity index (χ3v) is 8.03. The number of nitrogens with zero attached hydrogens (tertiary/aromatic N) is 4. The molecule has 0 saturated heterocycles. The van der Waals surface area contributed by atoms with E-state index in [4.69, 9.17) is 33.7 Å². The molecule has 0 aliphatic heterocycles. The summed E-state index contributed by atoms with van der Waals surface area (Å²) in [6.45, 7) is 9.04. The second kappa shape index (κ2) is 14.5. The zero-order valence-corrected chi connectivity index (χ0v) is 27.0. The monoisotopic (exact) mass is 639 g/mol. The van der Waals surface area contributed by atoms with Gasteiger partial charge in [-0.1, -0.05) is 11.8 Å². The number of fused-ring (bicyclic) bond motifs is 1. The van der Waals surface area contributed by atoms with Gasteiger partial charge in [-0.3, -0.25) is 23.2 Å². The lowest BCUT2D eigenvalue weighted by Gasteiger charge is -2.22. The van der Waals surface area contributed by atoms with Gasteiger partial charge in [0.15, 0.2) is 5.65 Å². The van der Waals surface area contributed by atoms with Crippen molar-refractivity contribution < 1.29 is 42.1 Å². The van der Waals surface area contributed by atoms with E-state index in [0.29, 0.717) is 16.2 Å². The van der Waals surface area contributed by atoms with Gasteiger partial charge in [-0.05, 0) is 65.8 Å². The average molecular weight is 640 g/mol. The summed E-state index contributed by atoms with van der Waals surface area (Å²) in [7, 11) is -2.41. The van der Waals surface area contributed by atoms with E-state index in [2.05, 4.69) is 15.0 Å². The van der Waals surface area contributed by atoms with Gasteiger partial charge in [-0.15, -0.1) is 0 Å². The summed E-state index contributed by atoms with van der Waals surface area (Å²) in [5.74, 6) is -0.306. The highest BCUT2D eigenvalue weighted by atomic mass is 32.2. The number of nitrogens with two attached hydrogens (primary N) is 1. The SMILES string of the molecule is COc1ccc(Sc2nc(N)nc3c2ncn3CCOCP(=O)(OCOC(=O)C(C)(C)C)OCOC(=O)C(C)(C)C)cc1. The number of carbonyl (C=O) groups excluding carboxylic acids is 2. The van der Waals surface area contributed by atoms with Crippen molar-refractivity contribution in [3.05, 3.63) is 30.6 Å². The highest BCUT2D eigenvalue weighted by Gasteiger charge is 2.30. The van der Waals surface area contributed by atoms with E-state index < -0.39 is 50.3 Å². The number of benzene rings is 1. The molecule has 0 aliphatic carbocycles. The maximum absolute atomic E-state index is 13.3. The second-order valence-corrected chi connectivity index (χ2v) is 14.3. The molecule has 1 aromatic carbocycles. The van der Waals surface area contributed by atoms with Gasteiger partial charge in [0.05, 0.1) is 30.9 Å². The number of hydrogen-bond acceptors (Lipinski definition) is 14. The van der Waals surface area contributed by atoms with Crippen molar-refractivity contribution in [3.8, 4) is 5.75 Å². The van der Waals surface area contributed by atoms with Crippen molar-refractivity contribution in [2.45, 2.75) is 58.0 Å². The zero-order valence-electron chi connectivity index (χ0n) is 25.3. The Bertz CT molecular complexity index is 1420. The van der Waals surface area contributed by atoms with E-state index in [-0.39, 0.29) is 19.1 Å². The molecule has 0 amide bonds. The number of imidazole rings is 1. The van der Waals surface area contributed by atoms with Crippen LogP contribution in [-0.4, -0.2) is 65.1 Å². The highest BCUT2D eigenvalue weighted by molar-refractivity contribution is 7.99. The van der Waals surface area contributed by atoms with Crippen molar-refractivity contribution in [1.29, 1.82) is 0 Å². The number of hydrogen-bond donors (Lipinski definition) is 1. The lowest BCUT2D eigenvalue weighted by Crippen LogP contribution is -2.25. The maximum atomic E-state index is 13.3. The maximum Gasteiger partial charge on any atom is 0.361 e. The molecule has 0 bridgehead atoms. The smallest absolute Gasteiger partial charge is 0.361 e. The molecule has 14 nitrogen and oxygen atoms in total. The molecule has 3 aromatic rings. The average Bonchev–Trinajstić information content (AvgIpc) is 3.33. The van der Waals surface area contributed by atoms with Crippen molar-refractivity contribution in [2.24, 2.45) is 10.8 Å². The summed E-state index contributed by atoms with van der Waals surface area (Å²) in [5, 5.41) is 0.577. The number of aromatic nitrogens is 4. The lowest BCUT2D eigenvalue weighted by atomic mass is 9.98. The summed E-state index contributed by atoms with van der Waals surface area (Å²) >= 11 is 1.38. The van der Waals surface area contributed by atoms with Crippen LogP contribution in [-0.2, 0) is 44.0 Å². The van der Waals surface area contributed by atoms with E-state index in [0.717, 1.165) is 10.6 Å². The van der Waals surface area contributed by atoms with Crippen LogP contribution in [0, 0.1) is 10.8 Å². The minimum absolute atomic E-state index is 0.0522. The summed E-state index contributed by atoms with van der Waals surface area (Å²) in [6.07, 6.45) is 1.07. The Morgan fingerprint density at radius 2 is 1.53 bits per heavy atom. The Balaban J connectivity index is 1.63.